The molecule has 22 heavy (non-hydrogen) atoms. The Balaban J connectivity index is 1.86. The van der Waals surface area contributed by atoms with Gasteiger partial charge in [0.05, 0.1) is 6.54 Å². The number of nitrogens with zero attached hydrogens (tertiary/aromatic N) is 2. The normalized spacial score (nSPS) is 12.3. The standard InChI is InChI=1S/C16H13ClN2O3/c17-13-9-5-4-8-12(13)14(20)10-19-16(21)22-15(18-19)11-6-2-1-3-7-11/h1-9,14,20H,10H2. The molecule has 1 atom stereocenters. The second-order valence-corrected chi connectivity index (χ2v) is 5.17. The van der Waals surface area contributed by atoms with Gasteiger partial charge in [-0.05, 0) is 18.2 Å². The first-order valence-electron chi connectivity index (χ1n) is 6.71. The lowest BCUT2D eigenvalue weighted by atomic mass is 10.1. The molecule has 0 amide bonds. The number of halogens is 1. The average Bonchev–Trinajstić information content (AvgIpc) is 2.89. The van der Waals surface area contributed by atoms with E-state index in [9.17, 15) is 9.90 Å². The van der Waals surface area contributed by atoms with E-state index in [1.54, 1.807) is 36.4 Å². The van der Waals surface area contributed by atoms with Gasteiger partial charge in [-0.3, -0.25) is 0 Å². The van der Waals surface area contributed by atoms with Gasteiger partial charge in [-0.15, -0.1) is 5.10 Å². The minimum atomic E-state index is -0.944. The van der Waals surface area contributed by atoms with Gasteiger partial charge >= 0.3 is 5.76 Å². The van der Waals surface area contributed by atoms with Crippen molar-refractivity contribution in [1.82, 2.24) is 9.78 Å². The van der Waals surface area contributed by atoms with Crippen LogP contribution in [0.2, 0.25) is 5.02 Å². The second kappa shape index (κ2) is 6.17. The summed E-state index contributed by atoms with van der Waals surface area (Å²) in [5.41, 5.74) is 1.24. The number of aliphatic hydroxyl groups is 1. The quantitative estimate of drug-likeness (QED) is 0.803. The van der Waals surface area contributed by atoms with Crippen LogP contribution in [-0.2, 0) is 6.54 Å². The number of rotatable bonds is 4. The molecule has 0 radical (unpaired) electrons. The fourth-order valence-electron chi connectivity index (χ4n) is 2.13. The van der Waals surface area contributed by atoms with Gasteiger partial charge in [0.1, 0.15) is 6.10 Å². The van der Waals surface area contributed by atoms with Crippen molar-refractivity contribution in [3.05, 3.63) is 75.7 Å². The van der Waals surface area contributed by atoms with Crippen molar-refractivity contribution < 1.29 is 9.52 Å². The second-order valence-electron chi connectivity index (χ2n) is 4.76. The van der Waals surface area contributed by atoms with Gasteiger partial charge < -0.3 is 9.52 Å². The van der Waals surface area contributed by atoms with E-state index in [0.29, 0.717) is 16.1 Å². The molecular weight excluding hydrogens is 304 g/mol. The molecule has 1 aromatic heterocycles. The average molecular weight is 317 g/mol. The fraction of sp³-hybridized carbons (Fsp3) is 0.125. The molecule has 0 aliphatic rings. The summed E-state index contributed by atoms with van der Waals surface area (Å²) in [6.07, 6.45) is -0.944. The fourth-order valence-corrected chi connectivity index (χ4v) is 2.39. The molecule has 2 aromatic carbocycles. The molecule has 0 saturated carbocycles. The molecule has 0 fully saturated rings. The van der Waals surface area contributed by atoms with Crippen LogP contribution >= 0.6 is 11.6 Å². The van der Waals surface area contributed by atoms with Gasteiger partial charge in [0.25, 0.3) is 0 Å². The third-order valence-corrected chi connectivity index (χ3v) is 3.58. The van der Waals surface area contributed by atoms with Crippen LogP contribution in [0.4, 0.5) is 0 Å². The van der Waals surface area contributed by atoms with Gasteiger partial charge in [0, 0.05) is 16.1 Å². The molecule has 3 rings (SSSR count). The molecule has 0 aliphatic heterocycles. The van der Waals surface area contributed by atoms with Gasteiger partial charge in [-0.2, -0.15) is 4.68 Å². The van der Waals surface area contributed by atoms with Crippen molar-refractivity contribution in [1.29, 1.82) is 0 Å². The Morgan fingerprint density at radius 3 is 2.55 bits per heavy atom. The van der Waals surface area contributed by atoms with Gasteiger partial charge in [-0.25, -0.2) is 4.79 Å². The molecule has 112 valence electrons. The topological polar surface area (TPSA) is 68.3 Å². The zero-order valence-corrected chi connectivity index (χ0v) is 12.3. The lowest BCUT2D eigenvalue weighted by Gasteiger charge is -2.11. The summed E-state index contributed by atoms with van der Waals surface area (Å²) < 4.78 is 6.21. The van der Waals surface area contributed by atoms with Crippen molar-refractivity contribution in [2.24, 2.45) is 0 Å². The predicted molar refractivity (Wildman–Crippen MR) is 82.6 cm³/mol. The zero-order valence-electron chi connectivity index (χ0n) is 11.5. The molecule has 0 saturated heterocycles. The summed E-state index contributed by atoms with van der Waals surface area (Å²) >= 11 is 6.03. The van der Waals surface area contributed by atoms with E-state index in [-0.39, 0.29) is 12.4 Å². The van der Waals surface area contributed by atoms with Gasteiger partial charge in [-0.1, -0.05) is 48.0 Å². The van der Waals surface area contributed by atoms with Crippen molar-refractivity contribution in [3.8, 4) is 11.5 Å². The van der Waals surface area contributed by atoms with Crippen molar-refractivity contribution in [3.63, 3.8) is 0 Å². The number of hydrogen-bond acceptors (Lipinski definition) is 4. The Bertz CT molecular complexity index is 827. The van der Waals surface area contributed by atoms with Crippen molar-refractivity contribution in [2.75, 3.05) is 0 Å². The molecule has 3 aromatic rings. The van der Waals surface area contributed by atoms with E-state index >= 15 is 0 Å². The Morgan fingerprint density at radius 1 is 1.14 bits per heavy atom. The van der Waals surface area contributed by atoms with E-state index in [1.807, 2.05) is 18.2 Å². The van der Waals surface area contributed by atoms with Crippen molar-refractivity contribution >= 4 is 11.6 Å². The van der Waals surface area contributed by atoms with E-state index in [1.165, 1.54) is 0 Å². The minimum absolute atomic E-state index is 0.0289. The molecular formula is C16H13ClN2O3. The van der Waals surface area contributed by atoms with E-state index in [2.05, 4.69) is 5.10 Å². The largest absolute Gasteiger partial charge is 0.437 e. The Labute approximate surface area is 131 Å². The van der Waals surface area contributed by atoms with Crippen LogP contribution in [0.15, 0.2) is 63.8 Å². The Hall–Kier alpha value is -2.37. The third kappa shape index (κ3) is 2.95. The minimum Gasteiger partial charge on any atom is -0.388 e. The maximum atomic E-state index is 11.9. The summed E-state index contributed by atoms with van der Waals surface area (Å²) in [5, 5.41) is 14.8. The molecule has 1 unspecified atom stereocenters. The van der Waals surface area contributed by atoms with Crippen LogP contribution in [0.1, 0.15) is 11.7 Å². The van der Waals surface area contributed by atoms with Crippen LogP contribution in [0.3, 0.4) is 0 Å². The predicted octanol–water partition coefficient (Wildman–Crippen LogP) is 2.89. The summed E-state index contributed by atoms with van der Waals surface area (Å²) in [6.45, 7) is -0.0289. The molecule has 1 N–H and O–H groups in total. The van der Waals surface area contributed by atoms with E-state index in [0.717, 1.165) is 4.68 Å². The number of hydrogen-bond donors (Lipinski definition) is 1. The summed E-state index contributed by atoms with van der Waals surface area (Å²) in [7, 11) is 0. The van der Waals surface area contributed by atoms with Crippen LogP contribution in [0, 0.1) is 0 Å². The van der Waals surface area contributed by atoms with Crippen LogP contribution < -0.4 is 5.76 Å². The number of benzene rings is 2. The first kappa shape index (κ1) is 14.6. The molecule has 1 heterocycles. The lowest BCUT2D eigenvalue weighted by Crippen LogP contribution is -2.20. The highest BCUT2D eigenvalue weighted by molar-refractivity contribution is 6.31. The van der Waals surface area contributed by atoms with E-state index < -0.39 is 11.9 Å². The van der Waals surface area contributed by atoms with Crippen LogP contribution in [0.5, 0.6) is 0 Å². The number of aromatic nitrogens is 2. The smallest absolute Gasteiger partial charge is 0.388 e. The molecule has 6 heteroatoms. The molecule has 5 nitrogen and oxygen atoms in total. The highest BCUT2D eigenvalue weighted by Gasteiger charge is 2.16. The lowest BCUT2D eigenvalue weighted by molar-refractivity contribution is 0.148. The molecule has 0 bridgehead atoms. The first-order valence-corrected chi connectivity index (χ1v) is 7.09. The van der Waals surface area contributed by atoms with Crippen LogP contribution in [0.25, 0.3) is 11.5 Å². The third-order valence-electron chi connectivity index (χ3n) is 3.24. The Kier molecular flexibility index (Phi) is 4.09. The van der Waals surface area contributed by atoms with Gasteiger partial charge in [0.2, 0.25) is 5.89 Å². The summed E-state index contributed by atoms with van der Waals surface area (Å²) in [5.74, 6) is -0.401. The highest BCUT2D eigenvalue weighted by atomic mass is 35.5. The van der Waals surface area contributed by atoms with Crippen molar-refractivity contribution in [2.45, 2.75) is 12.6 Å². The molecule has 0 aliphatic carbocycles. The monoisotopic (exact) mass is 316 g/mol. The maximum absolute atomic E-state index is 11.9. The van der Waals surface area contributed by atoms with E-state index in [4.69, 9.17) is 16.0 Å². The summed E-state index contributed by atoms with van der Waals surface area (Å²) in [4.78, 5) is 11.9. The van der Waals surface area contributed by atoms with Crippen LogP contribution in [-0.4, -0.2) is 14.9 Å². The number of aliphatic hydroxyl groups excluding tert-OH is 1. The zero-order chi connectivity index (χ0) is 15.5. The molecule has 0 spiro atoms. The summed E-state index contributed by atoms with van der Waals surface area (Å²) in [6, 6.07) is 16.0. The van der Waals surface area contributed by atoms with Gasteiger partial charge in [0.15, 0.2) is 0 Å². The highest BCUT2D eigenvalue weighted by Crippen LogP contribution is 2.23. The SMILES string of the molecule is O=c1oc(-c2ccccc2)nn1CC(O)c1ccccc1Cl. The first-order chi connectivity index (χ1) is 10.6. The Morgan fingerprint density at radius 2 is 1.82 bits per heavy atom. The maximum Gasteiger partial charge on any atom is 0.437 e.